The van der Waals surface area contributed by atoms with Gasteiger partial charge in [-0.05, 0) is 116 Å². The molecule has 5 rings (SSSR count). The number of nitrogen functional groups attached to an aromatic ring is 1. The number of nitrogens with two attached hydrogens (primary N) is 1. The molecule has 2 nitrogen and oxygen atoms in total. The minimum Gasteiger partial charge on any atom is -0.399 e. The van der Waals surface area contributed by atoms with Gasteiger partial charge in [-0.2, -0.15) is 0 Å². The molecule has 0 heterocycles. The molecule has 0 amide bonds. The zero-order valence-electron chi connectivity index (χ0n) is 22.3. The summed E-state index contributed by atoms with van der Waals surface area (Å²) >= 11 is 0. The SMILES string of the molecule is Cc1ccc(Nc2ccc(-c3ccc(N)cc3-c3ccc(C)cc3C)c(-c3ccc(C)cc3C)c2)cc1. The minimum absolute atomic E-state index is 0.768. The summed E-state index contributed by atoms with van der Waals surface area (Å²) in [5.41, 5.74) is 22.7. The predicted molar refractivity (Wildman–Crippen MR) is 161 cm³/mol. The lowest BCUT2D eigenvalue weighted by atomic mass is 9.86. The lowest BCUT2D eigenvalue weighted by molar-refractivity contribution is 1.37. The molecule has 0 saturated carbocycles. The molecule has 0 atom stereocenters. The molecule has 0 aliphatic heterocycles. The molecule has 5 aromatic carbocycles. The molecule has 0 saturated heterocycles. The van der Waals surface area contributed by atoms with Gasteiger partial charge in [-0.15, -0.1) is 0 Å². The molecule has 37 heavy (non-hydrogen) atoms. The molecule has 3 N–H and O–H groups in total. The third-order valence-electron chi connectivity index (χ3n) is 7.04. The molecule has 5 aromatic rings. The molecule has 0 radical (unpaired) electrons. The largest absolute Gasteiger partial charge is 0.399 e. The fourth-order valence-electron chi connectivity index (χ4n) is 5.13. The number of rotatable bonds is 5. The Morgan fingerprint density at radius 1 is 0.405 bits per heavy atom. The Bertz CT molecular complexity index is 1590. The van der Waals surface area contributed by atoms with Gasteiger partial charge in [0, 0.05) is 17.1 Å². The first-order valence-corrected chi connectivity index (χ1v) is 12.8. The molecule has 184 valence electrons. The number of nitrogens with one attached hydrogen (secondary N) is 1. The topological polar surface area (TPSA) is 38.0 Å². The Balaban J connectivity index is 1.72. The maximum absolute atomic E-state index is 6.32. The van der Waals surface area contributed by atoms with Crippen LogP contribution in [0.3, 0.4) is 0 Å². The second-order valence-corrected chi connectivity index (χ2v) is 10.2. The Labute approximate surface area is 220 Å². The van der Waals surface area contributed by atoms with Crippen molar-refractivity contribution in [3.8, 4) is 33.4 Å². The van der Waals surface area contributed by atoms with E-state index in [1.165, 1.54) is 55.6 Å². The fourth-order valence-corrected chi connectivity index (χ4v) is 5.13. The molecular weight excluding hydrogens is 448 g/mol. The van der Waals surface area contributed by atoms with Gasteiger partial charge in [-0.3, -0.25) is 0 Å². The minimum atomic E-state index is 0.768. The first kappa shape index (κ1) is 24.4. The zero-order chi connectivity index (χ0) is 26.1. The van der Waals surface area contributed by atoms with Crippen molar-refractivity contribution in [2.75, 3.05) is 11.1 Å². The summed E-state index contributed by atoms with van der Waals surface area (Å²) < 4.78 is 0. The summed E-state index contributed by atoms with van der Waals surface area (Å²) in [6, 6.07) is 34.8. The highest BCUT2D eigenvalue weighted by Crippen LogP contribution is 2.42. The molecule has 0 aliphatic rings. The van der Waals surface area contributed by atoms with Crippen LogP contribution >= 0.6 is 0 Å². The molecule has 0 bridgehead atoms. The second-order valence-electron chi connectivity index (χ2n) is 10.2. The van der Waals surface area contributed by atoms with Crippen LogP contribution in [-0.2, 0) is 0 Å². The van der Waals surface area contributed by atoms with Gasteiger partial charge in [-0.1, -0.05) is 77.4 Å². The van der Waals surface area contributed by atoms with Gasteiger partial charge >= 0.3 is 0 Å². The number of hydrogen-bond donors (Lipinski definition) is 2. The van der Waals surface area contributed by atoms with E-state index in [0.29, 0.717) is 0 Å². The molecule has 0 aromatic heterocycles. The van der Waals surface area contributed by atoms with Crippen LogP contribution in [0.1, 0.15) is 27.8 Å². The van der Waals surface area contributed by atoms with Crippen molar-refractivity contribution in [1.29, 1.82) is 0 Å². The van der Waals surface area contributed by atoms with Gasteiger partial charge in [0.05, 0.1) is 0 Å². The Morgan fingerprint density at radius 3 is 1.43 bits per heavy atom. The van der Waals surface area contributed by atoms with E-state index < -0.39 is 0 Å². The highest BCUT2D eigenvalue weighted by atomic mass is 14.9. The second kappa shape index (κ2) is 9.99. The molecule has 0 unspecified atom stereocenters. The van der Waals surface area contributed by atoms with Crippen molar-refractivity contribution in [1.82, 2.24) is 0 Å². The number of anilines is 3. The van der Waals surface area contributed by atoms with E-state index in [9.17, 15) is 0 Å². The number of hydrogen-bond acceptors (Lipinski definition) is 2. The van der Waals surface area contributed by atoms with E-state index in [0.717, 1.165) is 22.6 Å². The molecular formula is C35H34N2. The Kier molecular flexibility index (Phi) is 6.58. The van der Waals surface area contributed by atoms with Crippen molar-refractivity contribution < 1.29 is 0 Å². The van der Waals surface area contributed by atoms with Gasteiger partial charge in [0.1, 0.15) is 0 Å². The summed E-state index contributed by atoms with van der Waals surface area (Å²) in [5, 5.41) is 3.60. The summed E-state index contributed by atoms with van der Waals surface area (Å²) in [5.74, 6) is 0. The standard InChI is InChI=1S/C35H34N2/c1-22-6-11-28(12-7-22)37-29-13-17-33(35(21-29)31-15-9-24(3)19-26(31)5)32-16-10-27(36)20-34(32)30-14-8-23(2)18-25(30)4/h6-21,37H,36H2,1-5H3. The van der Waals surface area contributed by atoms with E-state index in [1.54, 1.807) is 0 Å². The van der Waals surface area contributed by atoms with Crippen LogP contribution in [0.2, 0.25) is 0 Å². The first-order valence-electron chi connectivity index (χ1n) is 12.8. The number of aryl methyl sites for hydroxylation is 5. The first-order chi connectivity index (χ1) is 17.8. The lowest BCUT2D eigenvalue weighted by Crippen LogP contribution is -1.97. The molecule has 0 fully saturated rings. The average molecular weight is 483 g/mol. The van der Waals surface area contributed by atoms with E-state index in [4.69, 9.17) is 5.73 Å². The van der Waals surface area contributed by atoms with E-state index >= 15 is 0 Å². The van der Waals surface area contributed by atoms with Crippen molar-refractivity contribution in [3.05, 3.63) is 125 Å². The van der Waals surface area contributed by atoms with Gasteiger partial charge in [0.15, 0.2) is 0 Å². The molecule has 0 aliphatic carbocycles. The van der Waals surface area contributed by atoms with Crippen LogP contribution in [0.15, 0.2) is 97.1 Å². The van der Waals surface area contributed by atoms with E-state index in [1.807, 2.05) is 6.07 Å². The van der Waals surface area contributed by atoms with Gasteiger partial charge in [0.2, 0.25) is 0 Å². The van der Waals surface area contributed by atoms with E-state index in [2.05, 4.69) is 131 Å². The van der Waals surface area contributed by atoms with E-state index in [-0.39, 0.29) is 0 Å². The third kappa shape index (κ3) is 5.15. The van der Waals surface area contributed by atoms with Crippen LogP contribution in [-0.4, -0.2) is 0 Å². The smallest absolute Gasteiger partial charge is 0.0390 e. The fraction of sp³-hybridized carbons (Fsp3) is 0.143. The summed E-state index contributed by atoms with van der Waals surface area (Å²) in [6.45, 7) is 10.8. The monoisotopic (exact) mass is 482 g/mol. The summed E-state index contributed by atoms with van der Waals surface area (Å²) in [7, 11) is 0. The summed E-state index contributed by atoms with van der Waals surface area (Å²) in [4.78, 5) is 0. The normalized spacial score (nSPS) is 10.9. The molecule has 0 spiro atoms. The van der Waals surface area contributed by atoms with Gasteiger partial charge < -0.3 is 11.1 Å². The van der Waals surface area contributed by atoms with Gasteiger partial charge in [0.25, 0.3) is 0 Å². The van der Waals surface area contributed by atoms with Crippen LogP contribution < -0.4 is 11.1 Å². The third-order valence-corrected chi connectivity index (χ3v) is 7.04. The maximum atomic E-state index is 6.32. The lowest BCUT2D eigenvalue weighted by Gasteiger charge is -2.19. The zero-order valence-corrected chi connectivity index (χ0v) is 22.3. The van der Waals surface area contributed by atoms with Crippen LogP contribution in [0.4, 0.5) is 17.1 Å². The highest BCUT2D eigenvalue weighted by Gasteiger charge is 2.16. The molecule has 2 heteroatoms. The Hall–Kier alpha value is -4.30. The van der Waals surface area contributed by atoms with Crippen molar-refractivity contribution >= 4 is 17.1 Å². The highest BCUT2D eigenvalue weighted by molar-refractivity contribution is 5.95. The average Bonchev–Trinajstić information content (AvgIpc) is 2.86. The van der Waals surface area contributed by atoms with Crippen molar-refractivity contribution in [2.45, 2.75) is 34.6 Å². The quantitative estimate of drug-likeness (QED) is 0.245. The summed E-state index contributed by atoms with van der Waals surface area (Å²) in [6.07, 6.45) is 0. The van der Waals surface area contributed by atoms with Crippen LogP contribution in [0, 0.1) is 34.6 Å². The van der Waals surface area contributed by atoms with Crippen molar-refractivity contribution in [3.63, 3.8) is 0 Å². The number of benzene rings is 5. The van der Waals surface area contributed by atoms with Crippen molar-refractivity contribution in [2.24, 2.45) is 0 Å². The maximum Gasteiger partial charge on any atom is 0.0390 e. The Morgan fingerprint density at radius 2 is 0.865 bits per heavy atom. The van der Waals surface area contributed by atoms with Crippen LogP contribution in [0.25, 0.3) is 33.4 Å². The predicted octanol–water partition coefficient (Wildman–Crippen LogP) is 9.56. The van der Waals surface area contributed by atoms with Gasteiger partial charge in [-0.25, -0.2) is 0 Å². The van der Waals surface area contributed by atoms with Crippen LogP contribution in [0.5, 0.6) is 0 Å².